The smallest absolute Gasteiger partial charge is 0.163 e. The summed E-state index contributed by atoms with van der Waals surface area (Å²) in [6.45, 7) is 3.72. The fourth-order valence-electron chi connectivity index (χ4n) is 3.20. The molecule has 2 aromatic rings. The molecule has 1 aliphatic carbocycles. The van der Waals surface area contributed by atoms with Gasteiger partial charge >= 0.3 is 0 Å². The van der Waals surface area contributed by atoms with Crippen LogP contribution in [-0.2, 0) is 7.05 Å². The fourth-order valence-corrected chi connectivity index (χ4v) is 3.20. The molecule has 2 aliphatic rings. The molecule has 0 radical (unpaired) electrons. The van der Waals surface area contributed by atoms with E-state index in [-0.39, 0.29) is 0 Å². The van der Waals surface area contributed by atoms with Gasteiger partial charge in [0.05, 0.1) is 11.6 Å². The minimum absolute atomic E-state index is 0.513. The van der Waals surface area contributed by atoms with Crippen LogP contribution in [0.1, 0.15) is 25.7 Å². The first-order valence-electron chi connectivity index (χ1n) is 7.91. The van der Waals surface area contributed by atoms with Crippen LogP contribution in [-0.4, -0.2) is 50.3 Å². The van der Waals surface area contributed by atoms with Crippen molar-refractivity contribution in [2.24, 2.45) is 13.0 Å². The minimum atomic E-state index is 0.513. The van der Waals surface area contributed by atoms with E-state index in [2.05, 4.69) is 25.3 Å². The lowest BCUT2D eigenvalue weighted by atomic mass is 10.0. The van der Waals surface area contributed by atoms with Gasteiger partial charge in [0, 0.05) is 32.7 Å². The molecule has 0 unspecified atom stereocenters. The molecule has 1 saturated carbocycles. The summed E-state index contributed by atoms with van der Waals surface area (Å²) in [6.07, 6.45) is 8.74. The zero-order valence-corrected chi connectivity index (χ0v) is 12.5. The van der Waals surface area contributed by atoms with Gasteiger partial charge in [0.1, 0.15) is 12.1 Å². The highest BCUT2D eigenvalue weighted by Crippen LogP contribution is 2.31. The monoisotopic (exact) mass is 286 g/mol. The van der Waals surface area contributed by atoms with Gasteiger partial charge in [-0.15, -0.1) is 0 Å². The van der Waals surface area contributed by atoms with Gasteiger partial charge in [0.25, 0.3) is 0 Å². The molecule has 0 bridgehead atoms. The molecule has 0 atom stereocenters. The van der Waals surface area contributed by atoms with Crippen LogP contribution in [0.4, 0.5) is 5.82 Å². The van der Waals surface area contributed by atoms with Crippen molar-refractivity contribution in [3.8, 4) is 0 Å². The summed E-state index contributed by atoms with van der Waals surface area (Å²) in [5.41, 5.74) is 0.888. The number of rotatable bonds is 4. The van der Waals surface area contributed by atoms with Crippen LogP contribution in [0.3, 0.4) is 0 Å². The van der Waals surface area contributed by atoms with E-state index in [0.29, 0.717) is 6.04 Å². The molecule has 3 heterocycles. The fraction of sp³-hybridized carbons (Fsp3) is 0.667. The lowest BCUT2D eigenvalue weighted by molar-refractivity contribution is 0.211. The first kappa shape index (κ1) is 13.0. The largest absolute Gasteiger partial charge is 0.367 e. The highest BCUT2D eigenvalue weighted by Gasteiger charge is 2.27. The second kappa shape index (κ2) is 5.26. The van der Waals surface area contributed by atoms with Crippen molar-refractivity contribution in [1.29, 1.82) is 0 Å². The Morgan fingerprint density at radius 1 is 1.19 bits per heavy atom. The van der Waals surface area contributed by atoms with Crippen LogP contribution < -0.4 is 5.32 Å². The molecule has 4 rings (SSSR count). The number of likely N-dealkylation sites (tertiary alicyclic amines) is 1. The topological polar surface area (TPSA) is 58.9 Å². The molecular formula is C15H22N6. The lowest BCUT2D eigenvalue weighted by Gasteiger charge is -2.32. The van der Waals surface area contributed by atoms with Crippen LogP contribution in [0.5, 0.6) is 0 Å². The van der Waals surface area contributed by atoms with Gasteiger partial charge in [0.2, 0.25) is 0 Å². The van der Waals surface area contributed by atoms with Gasteiger partial charge < -0.3 is 10.2 Å². The highest BCUT2D eigenvalue weighted by molar-refractivity contribution is 5.86. The summed E-state index contributed by atoms with van der Waals surface area (Å²) < 4.78 is 1.79. The molecule has 6 nitrogen and oxygen atoms in total. The standard InChI is InChI=1S/C15H22N6/c1-20-15-13(8-18-20)14(16-10-17-15)19-12-4-6-21(7-5-12)9-11-2-3-11/h8,10-12H,2-7,9H2,1H3,(H,16,17,19). The molecule has 0 spiro atoms. The second-order valence-corrected chi connectivity index (χ2v) is 6.39. The Kier molecular flexibility index (Phi) is 3.25. The number of piperidine rings is 1. The number of anilines is 1. The number of nitrogens with one attached hydrogen (secondary N) is 1. The summed E-state index contributed by atoms with van der Waals surface area (Å²) >= 11 is 0. The van der Waals surface area contributed by atoms with E-state index >= 15 is 0 Å². The number of nitrogens with zero attached hydrogens (tertiary/aromatic N) is 5. The normalized spacial score (nSPS) is 21.0. The van der Waals surface area contributed by atoms with Crippen LogP contribution in [0.25, 0.3) is 11.0 Å². The Morgan fingerprint density at radius 3 is 2.76 bits per heavy atom. The third-order valence-electron chi connectivity index (χ3n) is 4.67. The van der Waals surface area contributed by atoms with E-state index in [9.17, 15) is 0 Å². The summed E-state index contributed by atoms with van der Waals surface area (Å²) in [5.74, 6) is 1.92. The molecule has 6 heteroatoms. The maximum Gasteiger partial charge on any atom is 0.163 e. The second-order valence-electron chi connectivity index (χ2n) is 6.39. The van der Waals surface area contributed by atoms with Gasteiger partial charge in [-0.25, -0.2) is 9.97 Å². The van der Waals surface area contributed by atoms with Gasteiger partial charge in [-0.3, -0.25) is 4.68 Å². The molecular weight excluding hydrogens is 264 g/mol. The molecule has 1 saturated heterocycles. The maximum atomic E-state index is 4.40. The predicted octanol–water partition coefficient (Wildman–Crippen LogP) is 1.65. The third kappa shape index (κ3) is 2.72. The number of hydrogen-bond acceptors (Lipinski definition) is 5. The van der Waals surface area contributed by atoms with Gasteiger partial charge in [-0.1, -0.05) is 0 Å². The molecule has 1 aliphatic heterocycles. The van der Waals surface area contributed by atoms with Crippen molar-refractivity contribution < 1.29 is 0 Å². The predicted molar refractivity (Wildman–Crippen MR) is 82.1 cm³/mol. The average Bonchev–Trinajstić information content (AvgIpc) is 3.24. The van der Waals surface area contributed by atoms with E-state index in [1.165, 1.54) is 45.3 Å². The van der Waals surface area contributed by atoms with Crippen LogP contribution >= 0.6 is 0 Å². The summed E-state index contributed by atoms with van der Waals surface area (Å²) in [7, 11) is 1.91. The average molecular weight is 286 g/mol. The molecule has 2 fully saturated rings. The van der Waals surface area contributed by atoms with Crippen molar-refractivity contribution in [2.45, 2.75) is 31.7 Å². The van der Waals surface area contributed by atoms with Crippen molar-refractivity contribution in [2.75, 3.05) is 25.0 Å². The SMILES string of the molecule is Cn1ncc2c(NC3CCN(CC4CC4)CC3)ncnc21. The lowest BCUT2D eigenvalue weighted by Crippen LogP contribution is -2.40. The molecule has 0 amide bonds. The van der Waals surface area contributed by atoms with Crippen LogP contribution in [0, 0.1) is 5.92 Å². The molecule has 2 aromatic heterocycles. The third-order valence-corrected chi connectivity index (χ3v) is 4.67. The van der Waals surface area contributed by atoms with E-state index < -0.39 is 0 Å². The Balaban J connectivity index is 1.41. The summed E-state index contributed by atoms with van der Waals surface area (Å²) in [4.78, 5) is 11.3. The van der Waals surface area contributed by atoms with Gasteiger partial charge in [-0.2, -0.15) is 5.10 Å². The zero-order chi connectivity index (χ0) is 14.2. The molecule has 1 N–H and O–H groups in total. The summed E-state index contributed by atoms with van der Waals surface area (Å²) in [5, 5.41) is 8.88. The molecule has 21 heavy (non-hydrogen) atoms. The minimum Gasteiger partial charge on any atom is -0.367 e. The quantitative estimate of drug-likeness (QED) is 0.926. The van der Waals surface area contributed by atoms with E-state index in [0.717, 1.165) is 22.8 Å². The number of aromatic nitrogens is 4. The Bertz CT molecular complexity index is 624. The van der Waals surface area contributed by atoms with Crippen LogP contribution in [0.15, 0.2) is 12.5 Å². The van der Waals surface area contributed by atoms with E-state index in [1.807, 2.05) is 13.2 Å². The van der Waals surface area contributed by atoms with Gasteiger partial charge in [0.15, 0.2) is 5.65 Å². The van der Waals surface area contributed by atoms with Crippen molar-refractivity contribution in [3.63, 3.8) is 0 Å². The van der Waals surface area contributed by atoms with E-state index in [4.69, 9.17) is 0 Å². The van der Waals surface area contributed by atoms with Crippen molar-refractivity contribution in [3.05, 3.63) is 12.5 Å². The van der Waals surface area contributed by atoms with Crippen molar-refractivity contribution in [1.82, 2.24) is 24.6 Å². The first-order valence-corrected chi connectivity index (χ1v) is 7.91. The molecule has 112 valence electrons. The number of fused-ring (bicyclic) bond motifs is 1. The number of hydrogen-bond donors (Lipinski definition) is 1. The highest BCUT2D eigenvalue weighted by atomic mass is 15.3. The number of aryl methyl sites for hydroxylation is 1. The Labute approximate surface area is 124 Å². The van der Waals surface area contributed by atoms with Crippen molar-refractivity contribution >= 4 is 16.9 Å². The Morgan fingerprint density at radius 2 is 2.00 bits per heavy atom. The summed E-state index contributed by atoms with van der Waals surface area (Å²) in [6, 6.07) is 0.513. The zero-order valence-electron chi connectivity index (χ0n) is 12.5. The maximum absolute atomic E-state index is 4.40. The van der Waals surface area contributed by atoms with E-state index in [1.54, 1.807) is 11.0 Å². The van der Waals surface area contributed by atoms with Crippen LogP contribution in [0.2, 0.25) is 0 Å². The first-order chi connectivity index (χ1) is 10.3. The Hall–Kier alpha value is -1.69. The molecule has 0 aromatic carbocycles. The van der Waals surface area contributed by atoms with Gasteiger partial charge in [-0.05, 0) is 31.6 Å².